The number of rotatable bonds is 6. The monoisotopic (exact) mass is 290 g/mol. The summed E-state index contributed by atoms with van der Waals surface area (Å²) in [7, 11) is 0. The highest BCUT2D eigenvalue weighted by Crippen LogP contribution is 2.42. The first-order valence-electron chi connectivity index (χ1n) is 7.43. The molecule has 1 aliphatic rings. The summed E-state index contributed by atoms with van der Waals surface area (Å²) < 4.78 is 0. The Morgan fingerprint density at radius 2 is 1.76 bits per heavy atom. The molecule has 0 heterocycles. The first-order valence-corrected chi connectivity index (χ1v) is 7.43. The van der Waals surface area contributed by atoms with Gasteiger partial charge in [-0.05, 0) is 51.0 Å². The lowest BCUT2D eigenvalue weighted by Gasteiger charge is -2.35. The third-order valence-electron chi connectivity index (χ3n) is 4.30. The average Bonchev–Trinajstić information content (AvgIpc) is 2.40. The number of carboxylic acids is 1. The Labute approximate surface area is 125 Å². The Hall–Kier alpha value is -2.04. The minimum atomic E-state index is -1.22. The molecule has 0 saturated heterocycles. The SMILES string of the molecule is CCN(CC)c1ccc(NC(=O)C2(C(=O)O)CCC2)cc1. The third-order valence-corrected chi connectivity index (χ3v) is 4.30. The molecule has 0 unspecified atom stereocenters. The normalized spacial score (nSPS) is 15.9. The predicted molar refractivity (Wildman–Crippen MR) is 82.6 cm³/mol. The zero-order valence-electron chi connectivity index (χ0n) is 12.6. The minimum absolute atomic E-state index is 0.406. The molecule has 1 fully saturated rings. The Balaban J connectivity index is 2.07. The molecule has 1 saturated carbocycles. The van der Waals surface area contributed by atoms with E-state index in [1.165, 1.54) is 0 Å². The third kappa shape index (κ3) is 2.86. The van der Waals surface area contributed by atoms with Gasteiger partial charge in [-0.2, -0.15) is 0 Å². The molecule has 0 bridgehead atoms. The number of nitrogens with zero attached hydrogens (tertiary/aromatic N) is 1. The average molecular weight is 290 g/mol. The van der Waals surface area contributed by atoms with Crippen LogP contribution in [0.25, 0.3) is 0 Å². The molecule has 21 heavy (non-hydrogen) atoms. The maximum absolute atomic E-state index is 12.2. The van der Waals surface area contributed by atoms with Gasteiger partial charge in [-0.3, -0.25) is 9.59 Å². The van der Waals surface area contributed by atoms with Crippen LogP contribution in [0.4, 0.5) is 11.4 Å². The Morgan fingerprint density at radius 1 is 1.19 bits per heavy atom. The fourth-order valence-corrected chi connectivity index (χ4v) is 2.66. The van der Waals surface area contributed by atoms with Gasteiger partial charge in [0, 0.05) is 24.5 Å². The van der Waals surface area contributed by atoms with Gasteiger partial charge in [0.1, 0.15) is 5.41 Å². The van der Waals surface area contributed by atoms with Crippen LogP contribution in [0.1, 0.15) is 33.1 Å². The second kappa shape index (κ2) is 6.16. The van der Waals surface area contributed by atoms with Crippen molar-refractivity contribution < 1.29 is 14.7 Å². The minimum Gasteiger partial charge on any atom is -0.480 e. The number of carbonyl (C=O) groups is 2. The van der Waals surface area contributed by atoms with E-state index in [0.29, 0.717) is 18.5 Å². The quantitative estimate of drug-likeness (QED) is 0.790. The van der Waals surface area contributed by atoms with Crippen molar-refractivity contribution in [3.63, 3.8) is 0 Å². The highest BCUT2D eigenvalue weighted by molar-refractivity contribution is 6.09. The molecule has 0 aromatic heterocycles. The zero-order valence-corrected chi connectivity index (χ0v) is 12.6. The number of benzene rings is 1. The number of hydrogen-bond donors (Lipinski definition) is 2. The molecule has 5 heteroatoms. The zero-order chi connectivity index (χ0) is 15.5. The standard InChI is InChI=1S/C16H22N2O3/c1-3-18(4-2)13-8-6-12(7-9-13)17-14(19)16(15(20)21)10-5-11-16/h6-9H,3-5,10-11H2,1-2H3,(H,17,19)(H,20,21). The van der Waals surface area contributed by atoms with Gasteiger partial charge in [0.15, 0.2) is 0 Å². The van der Waals surface area contributed by atoms with E-state index < -0.39 is 17.3 Å². The van der Waals surface area contributed by atoms with E-state index in [2.05, 4.69) is 24.1 Å². The number of carbonyl (C=O) groups excluding carboxylic acids is 1. The van der Waals surface area contributed by atoms with Crippen LogP contribution in [0.3, 0.4) is 0 Å². The number of anilines is 2. The van der Waals surface area contributed by atoms with Gasteiger partial charge in [0.05, 0.1) is 0 Å². The van der Waals surface area contributed by atoms with Crippen LogP contribution in [-0.2, 0) is 9.59 Å². The fourth-order valence-electron chi connectivity index (χ4n) is 2.66. The number of hydrogen-bond acceptors (Lipinski definition) is 3. The van der Waals surface area contributed by atoms with Gasteiger partial charge in [-0.15, -0.1) is 0 Å². The van der Waals surface area contributed by atoms with Crippen LogP contribution < -0.4 is 10.2 Å². The Kier molecular flexibility index (Phi) is 4.50. The van der Waals surface area contributed by atoms with Gasteiger partial charge in [-0.25, -0.2) is 0 Å². The molecule has 5 nitrogen and oxygen atoms in total. The summed E-state index contributed by atoms with van der Waals surface area (Å²) in [6, 6.07) is 7.52. The van der Waals surface area contributed by atoms with Gasteiger partial charge < -0.3 is 15.3 Å². The van der Waals surface area contributed by atoms with Crippen LogP contribution >= 0.6 is 0 Å². The van der Waals surface area contributed by atoms with Crippen molar-refractivity contribution in [1.82, 2.24) is 0 Å². The molecule has 114 valence electrons. The highest BCUT2D eigenvalue weighted by Gasteiger charge is 2.51. The van der Waals surface area contributed by atoms with Crippen LogP contribution in [0.5, 0.6) is 0 Å². The second-order valence-electron chi connectivity index (χ2n) is 5.41. The largest absolute Gasteiger partial charge is 0.480 e. The summed E-state index contributed by atoms with van der Waals surface area (Å²) in [6.45, 7) is 6.02. The lowest BCUT2D eigenvalue weighted by molar-refractivity contribution is -0.159. The number of aliphatic carboxylic acids is 1. The van der Waals surface area contributed by atoms with Crippen molar-refractivity contribution in [2.24, 2.45) is 5.41 Å². The molecule has 0 aliphatic heterocycles. The number of amides is 1. The van der Waals surface area contributed by atoms with E-state index in [4.69, 9.17) is 0 Å². The summed E-state index contributed by atoms with van der Waals surface area (Å²) in [5, 5.41) is 12.0. The maximum Gasteiger partial charge on any atom is 0.319 e. The van der Waals surface area contributed by atoms with E-state index in [1.54, 1.807) is 0 Å². The lowest BCUT2D eigenvalue weighted by Crippen LogP contribution is -2.48. The van der Waals surface area contributed by atoms with Crippen molar-refractivity contribution in [2.45, 2.75) is 33.1 Å². The molecule has 0 spiro atoms. The second-order valence-corrected chi connectivity index (χ2v) is 5.41. The van der Waals surface area contributed by atoms with E-state index in [0.717, 1.165) is 25.2 Å². The van der Waals surface area contributed by atoms with E-state index in [1.807, 2.05) is 24.3 Å². The molecule has 1 aromatic carbocycles. The number of carboxylic acid groups (broad SMARTS) is 1. The summed E-state index contributed by atoms with van der Waals surface area (Å²) in [5.41, 5.74) is 0.510. The van der Waals surface area contributed by atoms with Crippen LogP contribution in [0.2, 0.25) is 0 Å². The molecule has 1 amide bonds. The highest BCUT2D eigenvalue weighted by atomic mass is 16.4. The number of nitrogens with one attached hydrogen (secondary N) is 1. The maximum atomic E-state index is 12.2. The molecule has 2 rings (SSSR count). The van der Waals surface area contributed by atoms with Crippen molar-refractivity contribution in [3.05, 3.63) is 24.3 Å². The lowest BCUT2D eigenvalue weighted by atomic mass is 9.68. The van der Waals surface area contributed by atoms with E-state index in [9.17, 15) is 14.7 Å². The smallest absolute Gasteiger partial charge is 0.319 e. The topological polar surface area (TPSA) is 69.6 Å². The van der Waals surface area contributed by atoms with Gasteiger partial charge in [0.25, 0.3) is 0 Å². The molecular weight excluding hydrogens is 268 g/mol. The summed E-state index contributed by atoms with van der Waals surface area (Å²) in [5.74, 6) is -1.43. The van der Waals surface area contributed by atoms with Crippen LogP contribution in [-0.4, -0.2) is 30.1 Å². The van der Waals surface area contributed by atoms with Crippen molar-refractivity contribution in [3.8, 4) is 0 Å². The van der Waals surface area contributed by atoms with Crippen LogP contribution in [0, 0.1) is 5.41 Å². The van der Waals surface area contributed by atoms with Crippen LogP contribution in [0.15, 0.2) is 24.3 Å². The van der Waals surface area contributed by atoms with Gasteiger partial charge in [-0.1, -0.05) is 6.42 Å². The van der Waals surface area contributed by atoms with Gasteiger partial charge >= 0.3 is 5.97 Å². The Bertz CT molecular complexity index is 517. The summed E-state index contributed by atoms with van der Waals surface area (Å²) >= 11 is 0. The van der Waals surface area contributed by atoms with Crippen molar-refractivity contribution in [1.29, 1.82) is 0 Å². The molecule has 0 radical (unpaired) electrons. The predicted octanol–water partition coefficient (Wildman–Crippen LogP) is 2.73. The van der Waals surface area contributed by atoms with E-state index >= 15 is 0 Å². The molecule has 1 aromatic rings. The summed E-state index contributed by atoms with van der Waals surface area (Å²) in [4.78, 5) is 25.7. The molecule has 0 atom stereocenters. The van der Waals surface area contributed by atoms with Gasteiger partial charge in [0.2, 0.25) is 5.91 Å². The Morgan fingerprint density at radius 3 is 2.14 bits per heavy atom. The first kappa shape index (κ1) is 15.4. The fraction of sp³-hybridized carbons (Fsp3) is 0.500. The van der Waals surface area contributed by atoms with Crippen molar-refractivity contribution >= 4 is 23.3 Å². The first-order chi connectivity index (χ1) is 10.0. The van der Waals surface area contributed by atoms with Crippen molar-refractivity contribution in [2.75, 3.05) is 23.3 Å². The van der Waals surface area contributed by atoms with E-state index in [-0.39, 0.29) is 0 Å². The molecule has 1 aliphatic carbocycles. The molecular formula is C16H22N2O3. The molecule has 2 N–H and O–H groups in total. The summed E-state index contributed by atoms with van der Waals surface area (Å²) in [6.07, 6.45) is 1.64.